The van der Waals surface area contributed by atoms with E-state index in [1.54, 1.807) is 26.4 Å². The van der Waals surface area contributed by atoms with Crippen LogP contribution in [0.3, 0.4) is 0 Å². The third-order valence-electron chi connectivity index (χ3n) is 9.98. The predicted molar refractivity (Wildman–Crippen MR) is 189 cm³/mol. The van der Waals surface area contributed by atoms with E-state index in [-0.39, 0.29) is 24.3 Å². The van der Waals surface area contributed by atoms with Gasteiger partial charge in [-0.2, -0.15) is 0 Å². The second-order valence-electron chi connectivity index (χ2n) is 13.5. The van der Waals surface area contributed by atoms with Crippen LogP contribution in [0.15, 0.2) is 58.1 Å². The summed E-state index contributed by atoms with van der Waals surface area (Å²) < 4.78 is 16.9. The summed E-state index contributed by atoms with van der Waals surface area (Å²) in [5, 5.41) is 28.2. The molecule has 2 aliphatic rings. The number of methoxy groups -OCH3 is 2. The third kappa shape index (κ3) is 9.37. The highest BCUT2D eigenvalue weighted by Crippen LogP contribution is 2.36. The number of ether oxygens (including phenoxy) is 3. The van der Waals surface area contributed by atoms with E-state index in [1.807, 2.05) is 24.3 Å². The summed E-state index contributed by atoms with van der Waals surface area (Å²) in [6, 6.07) is 14.9. The van der Waals surface area contributed by atoms with Crippen LogP contribution >= 0.6 is 0 Å². The third-order valence-corrected chi connectivity index (χ3v) is 9.98. The highest BCUT2D eigenvalue weighted by atomic mass is 16.5. The minimum absolute atomic E-state index is 0.115. The monoisotopic (exact) mass is 663 g/mol. The van der Waals surface area contributed by atoms with Gasteiger partial charge in [-0.3, -0.25) is 9.59 Å². The number of phenols is 1. The van der Waals surface area contributed by atoms with Gasteiger partial charge >= 0.3 is 0 Å². The molecule has 1 saturated heterocycles. The number of nitrogens with one attached hydrogen (secondary N) is 2. The van der Waals surface area contributed by atoms with Crippen molar-refractivity contribution in [2.75, 3.05) is 57.3 Å². The fourth-order valence-corrected chi connectivity index (χ4v) is 7.49. The van der Waals surface area contributed by atoms with Gasteiger partial charge in [0, 0.05) is 58.5 Å². The molecule has 1 saturated carbocycles. The maximum atomic E-state index is 13.2. The zero-order valence-electron chi connectivity index (χ0n) is 28.5. The van der Waals surface area contributed by atoms with Crippen LogP contribution in [0, 0.1) is 11.8 Å². The number of anilines is 2. The van der Waals surface area contributed by atoms with Crippen LogP contribution in [-0.2, 0) is 16.0 Å². The van der Waals surface area contributed by atoms with Gasteiger partial charge in [0.15, 0.2) is 0 Å². The molecule has 3 aromatic carbocycles. The first-order chi connectivity index (χ1) is 23.4. The van der Waals surface area contributed by atoms with Gasteiger partial charge in [-0.1, -0.05) is 62.4 Å². The Balaban J connectivity index is 1.30. The molecular formula is C38H53N3O7. The van der Waals surface area contributed by atoms with Crippen LogP contribution in [-0.4, -0.2) is 69.4 Å². The van der Waals surface area contributed by atoms with Crippen LogP contribution in [0.5, 0.6) is 11.5 Å². The van der Waals surface area contributed by atoms with Crippen LogP contribution in [0.2, 0.25) is 0 Å². The summed E-state index contributed by atoms with van der Waals surface area (Å²) in [4.78, 5) is 28.4. The lowest BCUT2D eigenvalue weighted by Crippen LogP contribution is -2.50. The van der Waals surface area contributed by atoms with E-state index < -0.39 is 23.0 Å². The predicted octanol–water partition coefficient (Wildman–Crippen LogP) is 4.91. The molecule has 0 amide bonds. The molecule has 1 aliphatic carbocycles. The summed E-state index contributed by atoms with van der Waals surface area (Å²) in [6.07, 6.45) is 8.17. The fourth-order valence-electron chi connectivity index (χ4n) is 7.49. The van der Waals surface area contributed by atoms with Gasteiger partial charge in [0.05, 0.1) is 25.4 Å². The molecule has 10 nitrogen and oxygen atoms in total. The minimum atomic E-state index is -0.805. The van der Waals surface area contributed by atoms with Crippen LogP contribution in [0.4, 0.5) is 11.4 Å². The summed E-state index contributed by atoms with van der Waals surface area (Å²) in [7, 11) is 3.24. The Labute approximate surface area is 284 Å². The number of aliphatic hydroxyl groups is 1. The lowest BCUT2D eigenvalue weighted by molar-refractivity contribution is -0.00235. The van der Waals surface area contributed by atoms with Crippen LogP contribution in [0.25, 0.3) is 0 Å². The molecule has 5 rings (SSSR count). The van der Waals surface area contributed by atoms with Gasteiger partial charge < -0.3 is 40.0 Å². The first-order valence-electron chi connectivity index (χ1n) is 17.6. The number of phenolic OH excluding ortho intramolecular Hbond substituents is 1. The Bertz CT molecular complexity index is 1490. The highest BCUT2D eigenvalue weighted by molar-refractivity contribution is 5.75. The Morgan fingerprint density at radius 1 is 0.958 bits per heavy atom. The zero-order chi connectivity index (χ0) is 33.9. The Morgan fingerprint density at radius 3 is 2.50 bits per heavy atom. The van der Waals surface area contributed by atoms with Crippen molar-refractivity contribution >= 4 is 11.4 Å². The molecule has 1 heterocycles. The van der Waals surface area contributed by atoms with Gasteiger partial charge in [0.25, 0.3) is 10.9 Å². The van der Waals surface area contributed by atoms with Crippen molar-refractivity contribution in [1.82, 2.24) is 5.32 Å². The summed E-state index contributed by atoms with van der Waals surface area (Å²) in [5.74, 6) is 1.26. The van der Waals surface area contributed by atoms with Crippen molar-refractivity contribution in [2.45, 2.75) is 82.6 Å². The lowest BCUT2D eigenvalue weighted by Gasteiger charge is -2.40. The molecule has 3 aromatic rings. The van der Waals surface area contributed by atoms with Gasteiger partial charge in [-0.25, -0.2) is 0 Å². The average Bonchev–Trinajstić information content (AvgIpc) is 3.11. The number of hydrogen-bond donors (Lipinski definition) is 4. The van der Waals surface area contributed by atoms with Crippen molar-refractivity contribution in [3.8, 4) is 11.5 Å². The molecular weight excluding hydrogens is 610 g/mol. The molecule has 0 bridgehead atoms. The molecule has 0 aromatic heterocycles. The average molecular weight is 664 g/mol. The molecule has 4 atom stereocenters. The Morgan fingerprint density at radius 2 is 1.75 bits per heavy atom. The second-order valence-corrected chi connectivity index (χ2v) is 13.5. The number of benzene rings is 2. The number of aromatic hydroxyl groups is 1. The number of piperidine rings is 1. The lowest BCUT2D eigenvalue weighted by atomic mass is 9.83. The first kappa shape index (κ1) is 35.9. The molecule has 1 aliphatic heterocycles. The summed E-state index contributed by atoms with van der Waals surface area (Å²) in [5.41, 5.74) is 1.74. The topological polar surface area (TPSA) is 130 Å². The maximum absolute atomic E-state index is 13.2. The number of aliphatic hydroxyl groups excluding tert-OH is 1. The molecule has 0 radical (unpaired) electrons. The Kier molecular flexibility index (Phi) is 13.3. The molecule has 0 spiro atoms. The smallest absolute Gasteiger partial charge is 0.253 e. The summed E-state index contributed by atoms with van der Waals surface area (Å²) >= 11 is 0. The second kappa shape index (κ2) is 17.8. The zero-order valence-corrected chi connectivity index (χ0v) is 28.5. The number of nitrogens with zero attached hydrogens (tertiary/aromatic N) is 1. The molecule has 48 heavy (non-hydrogen) atoms. The maximum Gasteiger partial charge on any atom is 0.253 e. The van der Waals surface area contributed by atoms with Crippen molar-refractivity contribution in [2.24, 2.45) is 11.8 Å². The molecule has 10 heteroatoms. The van der Waals surface area contributed by atoms with E-state index in [9.17, 15) is 19.8 Å². The largest absolute Gasteiger partial charge is 0.508 e. The van der Waals surface area contributed by atoms with Gasteiger partial charge in [-0.15, -0.1) is 0 Å². The Hall–Kier alpha value is -3.44. The van der Waals surface area contributed by atoms with E-state index in [1.165, 1.54) is 19.3 Å². The number of hydrogen-bond acceptors (Lipinski definition) is 10. The van der Waals surface area contributed by atoms with E-state index in [0.29, 0.717) is 55.9 Å². The first-order valence-corrected chi connectivity index (χ1v) is 17.6. The summed E-state index contributed by atoms with van der Waals surface area (Å²) in [6.45, 7) is 3.20. The SMILES string of the molecule is COCCCO[C@@H](c1ccccc1)[C@@H]1CCCN(c2c(N[C@@H](CC3CCCCC3)[C@H](O)CNCc3cc(O)cc(OC)c3)c(=O)c2=O)C1. The highest BCUT2D eigenvalue weighted by Gasteiger charge is 2.35. The van der Waals surface area contributed by atoms with Gasteiger partial charge in [-0.05, 0) is 54.9 Å². The standard InChI is InChI=1S/C38H53N3O7/c1-46-17-10-18-48-38(28-13-7-4-8-14-28)29-15-9-16-41(25-29)35-34(36(44)37(35)45)40-32(21-26-11-5-3-6-12-26)33(43)24-39-23-27-19-30(42)22-31(20-27)47-2/h4,7-8,13-14,19-20,22,26,29,32-33,38-40,42-43H,3,5-6,9-12,15-18,21,23-25H2,1-2H3/t29-,32+,33-,38+/m1/s1. The molecule has 262 valence electrons. The molecule has 0 unspecified atom stereocenters. The number of rotatable bonds is 18. The van der Waals surface area contributed by atoms with E-state index in [2.05, 4.69) is 27.7 Å². The minimum Gasteiger partial charge on any atom is -0.508 e. The van der Waals surface area contributed by atoms with Crippen molar-refractivity contribution < 1.29 is 24.4 Å². The quantitative estimate of drug-likeness (QED) is 0.110. The van der Waals surface area contributed by atoms with E-state index in [0.717, 1.165) is 49.7 Å². The van der Waals surface area contributed by atoms with E-state index >= 15 is 0 Å². The normalized spacial score (nSPS) is 19.2. The molecule has 4 N–H and O–H groups in total. The van der Waals surface area contributed by atoms with E-state index in [4.69, 9.17) is 14.2 Å². The molecule has 2 fully saturated rings. The van der Waals surface area contributed by atoms with Crippen molar-refractivity contribution in [1.29, 1.82) is 0 Å². The van der Waals surface area contributed by atoms with Gasteiger partial charge in [0.2, 0.25) is 0 Å². The fraction of sp³-hybridized carbons (Fsp3) is 0.579. The van der Waals surface area contributed by atoms with Crippen molar-refractivity contribution in [3.05, 3.63) is 80.1 Å². The van der Waals surface area contributed by atoms with Crippen LogP contribution in [0.1, 0.15) is 75.0 Å². The van der Waals surface area contributed by atoms with Crippen LogP contribution < -0.4 is 31.1 Å². The van der Waals surface area contributed by atoms with Crippen molar-refractivity contribution in [3.63, 3.8) is 0 Å². The van der Waals surface area contributed by atoms with Gasteiger partial charge in [0.1, 0.15) is 22.9 Å².